The van der Waals surface area contributed by atoms with Crippen molar-refractivity contribution in [2.45, 2.75) is 30.3 Å². The largest absolute Gasteiger partial charge is 0.496 e. The lowest BCUT2D eigenvalue weighted by molar-refractivity contribution is -0.0696. The number of rotatable bonds is 8. The molecule has 1 aromatic rings. The number of piperidine rings is 3. The van der Waals surface area contributed by atoms with Crippen LogP contribution < -0.4 is 15.2 Å². The standard InChI is InChI=1S/C18H27N3O5S/c1-25-16-4-3-14(27(19,23)24)11-15(16)18(22)20-7-2-10-26-17-12-21-8-5-13(17)6-9-21/h3-4,11,13,17H,2,5-10,12H2,1H3,(H,20,22)(H2,19,23,24). The van der Waals surface area contributed by atoms with Crippen LogP contribution in [0.25, 0.3) is 0 Å². The summed E-state index contributed by atoms with van der Waals surface area (Å²) >= 11 is 0. The Morgan fingerprint density at radius 2 is 2.07 bits per heavy atom. The second-order valence-corrected chi connectivity index (χ2v) is 8.63. The van der Waals surface area contributed by atoms with Gasteiger partial charge in [0.05, 0.1) is 23.7 Å². The lowest BCUT2D eigenvalue weighted by atomic mass is 9.86. The van der Waals surface area contributed by atoms with Crippen LogP contribution in [0.3, 0.4) is 0 Å². The topological polar surface area (TPSA) is 111 Å². The van der Waals surface area contributed by atoms with Crippen LogP contribution in [0.1, 0.15) is 29.6 Å². The fourth-order valence-corrected chi connectivity index (χ4v) is 4.29. The molecule has 3 saturated heterocycles. The van der Waals surface area contributed by atoms with Crippen LogP contribution in [0.4, 0.5) is 0 Å². The lowest BCUT2D eigenvalue weighted by Gasteiger charge is -2.44. The van der Waals surface area contributed by atoms with Crippen LogP contribution in [0.5, 0.6) is 5.75 Å². The number of nitrogens with one attached hydrogen (secondary N) is 1. The molecule has 4 rings (SSSR count). The maximum absolute atomic E-state index is 12.4. The second-order valence-electron chi connectivity index (χ2n) is 7.06. The van der Waals surface area contributed by atoms with Gasteiger partial charge in [0, 0.05) is 19.7 Å². The summed E-state index contributed by atoms with van der Waals surface area (Å²) in [7, 11) is -2.47. The number of ether oxygens (including phenoxy) is 2. The molecule has 0 saturated carbocycles. The van der Waals surface area contributed by atoms with Crippen LogP contribution in [0.15, 0.2) is 23.1 Å². The highest BCUT2D eigenvalue weighted by atomic mass is 32.2. The van der Waals surface area contributed by atoms with Crippen molar-refractivity contribution in [2.24, 2.45) is 11.1 Å². The molecule has 9 heteroatoms. The molecule has 1 unspecified atom stereocenters. The van der Waals surface area contributed by atoms with Gasteiger partial charge < -0.3 is 19.7 Å². The predicted octanol–water partition coefficient (Wildman–Crippen LogP) is 0.573. The van der Waals surface area contributed by atoms with Crippen LogP contribution in [-0.4, -0.2) is 65.2 Å². The Morgan fingerprint density at radius 3 is 2.67 bits per heavy atom. The number of amides is 1. The molecule has 1 aromatic carbocycles. The predicted molar refractivity (Wildman–Crippen MR) is 100 cm³/mol. The normalized spacial score (nSPS) is 24.6. The monoisotopic (exact) mass is 397 g/mol. The molecule has 3 N–H and O–H groups in total. The van der Waals surface area contributed by atoms with E-state index < -0.39 is 15.9 Å². The molecule has 0 radical (unpaired) electrons. The number of benzene rings is 1. The van der Waals surface area contributed by atoms with Crippen molar-refractivity contribution >= 4 is 15.9 Å². The van der Waals surface area contributed by atoms with Gasteiger partial charge >= 0.3 is 0 Å². The van der Waals surface area contributed by atoms with Crippen molar-refractivity contribution in [3.8, 4) is 5.75 Å². The first-order valence-electron chi connectivity index (χ1n) is 9.21. The van der Waals surface area contributed by atoms with E-state index in [2.05, 4.69) is 10.2 Å². The van der Waals surface area contributed by atoms with Crippen molar-refractivity contribution in [3.05, 3.63) is 23.8 Å². The number of nitrogens with zero attached hydrogens (tertiary/aromatic N) is 1. The van der Waals surface area contributed by atoms with E-state index in [4.69, 9.17) is 14.6 Å². The summed E-state index contributed by atoms with van der Waals surface area (Å²) in [6, 6.07) is 3.96. The molecule has 27 heavy (non-hydrogen) atoms. The number of fused-ring (bicyclic) bond motifs is 3. The summed E-state index contributed by atoms with van der Waals surface area (Å²) in [6.45, 7) is 4.39. The first-order chi connectivity index (χ1) is 12.9. The Hall–Kier alpha value is -1.68. The van der Waals surface area contributed by atoms with E-state index in [1.165, 1.54) is 51.2 Å². The van der Waals surface area contributed by atoms with E-state index in [0.717, 1.165) is 6.54 Å². The minimum atomic E-state index is -3.89. The number of hydrogen-bond donors (Lipinski definition) is 2. The van der Waals surface area contributed by atoms with Gasteiger partial charge in [0.1, 0.15) is 5.75 Å². The number of primary sulfonamides is 1. The maximum Gasteiger partial charge on any atom is 0.255 e. The Labute approximate surface area is 160 Å². The second kappa shape index (κ2) is 8.55. The van der Waals surface area contributed by atoms with Gasteiger partial charge in [0.25, 0.3) is 5.91 Å². The minimum Gasteiger partial charge on any atom is -0.496 e. The highest BCUT2D eigenvalue weighted by molar-refractivity contribution is 7.89. The number of carbonyl (C=O) groups excluding carboxylic acids is 1. The molecular formula is C18H27N3O5S. The van der Waals surface area contributed by atoms with E-state index in [1.54, 1.807) is 0 Å². The zero-order valence-electron chi connectivity index (χ0n) is 15.5. The molecule has 0 aromatic heterocycles. The average molecular weight is 397 g/mol. The molecule has 3 heterocycles. The van der Waals surface area contributed by atoms with Gasteiger partial charge in [-0.15, -0.1) is 0 Å². The number of nitrogens with two attached hydrogens (primary N) is 1. The smallest absolute Gasteiger partial charge is 0.255 e. The maximum atomic E-state index is 12.4. The number of hydrogen-bond acceptors (Lipinski definition) is 6. The van der Waals surface area contributed by atoms with Gasteiger partial charge in [-0.2, -0.15) is 0 Å². The van der Waals surface area contributed by atoms with E-state index in [1.807, 2.05) is 0 Å². The summed E-state index contributed by atoms with van der Waals surface area (Å²) < 4.78 is 34.1. The van der Waals surface area contributed by atoms with Crippen LogP contribution >= 0.6 is 0 Å². The Kier molecular flexibility index (Phi) is 6.36. The fourth-order valence-electron chi connectivity index (χ4n) is 3.75. The molecular weight excluding hydrogens is 370 g/mol. The third-order valence-electron chi connectivity index (χ3n) is 5.28. The third-order valence-corrected chi connectivity index (χ3v) is 6.19. The van der Waals surface area contributed by atoms with E-state index in [0.29, 0.717) is 37.3 Å². The molecule has 3 aliphatic rings. The number of methoxy groups -OCH3 is 1. The lowest BCUT2D eigenvalue weighted by Crippen LogP contribution is -2.51. The summed E-state index contributed by atoms with van der Waals surface area (Å²) in [4.78, 5) is 14.7. The molecule has 1 amide bonds. The number of sulfonamides is 1. The number of carbonyl (C=O) groups is 1. The minimum absolute atomic E-state index is 0.126. The average Bonchev–Trinajstić information content (AvgIpc) is 2.67. The van der Waals surface area contributed by atoms with Crippen LogP contribution in [-0.2, 0) is 14.8 Å². The molecule has 3 aliphatic heterocycles. The summed E-state index contributed by atoms with van der Waals surface area (Å²) in [5.74, 6) is 0.554. The summed E-state index contributed by atoms with van der Waals surface area (Å²) in [6.07, 6.45) is 3.41. The van der Waals surface area contributed by atoms with Gasteiger partial charge in [-0.1, -0.05) is 0 Å². The van der Waals surface area contributed by atoms with E-state index >= 15 is 0 Å². The summed E-state index contributed by atoms with van der Waals surface area (Å²) in [5, 5.41) is 7.91. The molecule has 2 bridgehead atoms. The zero-order chi connectivity index (χ0) is 19.4. The van der Waals surface area contributed by atoms with Crippen LogP contribution in [0.2, 0.25) is 0 Å². The van der Waals surface area contributed by atoms with Gasteiger partial charge in [0.15, 0.2) is 0 Å². The molecule has 0 aliphatic carbocycles. The van der Waals surface area contributed by atoms with Crippen molar-refractivity contribution < 1.29 is 22.7 Å². The van der Waals surface area contributed by atoms with Crippen molar-refractivity contribution in [2.75, 3.05) is 39.9 Å². The van der Waals surface area contributed by atoms with E-state index in [9.17, 15) is 13.2 Å². The first-order valence-corrected chi connectivity index (χ1v) is 10.8. The first kappa shape index (κ1) is 20.1. The molecule has 8 nitrogen and oxygen atoms in total. The quantitative estimate of drug-likeness (QED) is 0.621. The van der Waals surface area contributed by atoms with E-state index in [-0.39, 0.29) is 10.5 Å². The highest BCUT2D eigenvalue weighted by Gasteiger charge is 2.34. The Morgan fingerprint density at radius 1 is 1.33 bits per heavy atom. The Balaban J connectivity index is 1.48. The van der Waals surface area contributed by atoms with Crippen molar-refractivity contribution in [1.82, 2.24) is 10.2 Å². The molecule has 150 valence electrons. The zero-order valence-corrected chi connectivity index (χ0v) is 16.3. The van der Waals surface area contributed by atoms with Gasteiger partial charge in [-0.3, -0.25) is 4.79 Å². The molecule has 3 fully saturated rings. The molecule has 1 atom stereocenters. The van der Waals surface area contributed by atoms with Crippen LogP contribution in [0, 0.1) is 5.92 Å². The summed E-state index contributed by atoms with van der Waals surface area (Å²) in [5.41, 5.74) is 0.141. The highest BCUT2D eigenvalue weighted by Crippen LogP contribution is 2.29. The van der Waals surface area contributed by atoms with Gasteiger partial charge in [-0.05, 0) is 56.5 Å². The fraction of sp³-hybridized carbons (Fsp3) is 0.611. The third kappa shape index (κ3) is 4.98. The van der Waals surface area contributed by atoms with Crippen molar-refractivity contribution in [1.29, 1.82) is 0 Å². The SMILES string of the molecule is COc1ccc(S(N)(=O)=O)cc1C(=O)NCCCOC1CN2CCC1CC2. The van der Waals surface area contributed by atoms with Crippen molar-refractivity contribution in [3.63, 3.8) is 0 Å². The van der Waals surface area contributed by atoms with Gasteiger partial charge in [0.2, 0.25) is 10.0 Å². The molecule has 0 spiro atoms. The Bertz CT molecular complexity index is 775. The van der Waals surface area contributed by atoms with Gasteiger partial charge in [-0.25, -0.2) is 13.6 Å².